The summed E-state index contributed by atoms with van der Waals surface area (Å²) in [5.41, 5.74) is 0. The van der Waals surface area contributed by atoms with Gasteiger partial charge in [-0.25, -0.2) is 0 Å². The van der Waals surface area contributed by atoms with Crippen LogP contribution in [0.25, 0.3) is 0 Å². The monoisotopic (exact) mass is 355 g/mol. The zero-order valence-electron chi connectivity index (χ0n) is 14.2. The molecule has 7 heteroatoms. The molecule has 7 unspecified atom stereocenters. The molecule has 1 saturated heterocycles. The lowest BCUT2D eigenvalue weighted by Gasteiger charge is -2.31. The van der Waals surface area contributed by atoms with Gasteiger partial charge in [0.05, 0.1) is 17.9 Å². The number of carbonyl (C=O) groups excluding carboxylic acids is 2. The molecule has 1 aliphatic heterocycles. The Hall–Kier alpha value is -0.790. The molecule has 0 radical (unpaired) electrons. The number of amides is 2. The predicted molar refractivity (Wildman–Crippen MR) is 85.9 cm³/mol. The second-order valence-electron chi connectivity index (χ2n) is 7.94. The number of fused-ring (bicyclic) bond motifs is 5. The number of hydroxylamine groups is 2. The summed E-state index contributed by atoms with van der Waals surface area (Å²) in [7, 11) is 0. The molecule has 4 fully saturated rings. The first kappa shape index (κ1) is 16.7. The maximum absolute atomic E-state index is 12.7. The van der Waals surface area contributed by atoms with E-state index in [1.54, 1.807) is 0 Å². The summed E-state index contributed by atoms with van der Waals surface area (Å²) in [4.78, 5) is 25.3. The summed E-state index contributed by atoms with van der Waals surface area (Å²) < 4.78 is 22.6. The van der Waals surface area contributed by atoms with Crippen LogP contribution in [0.1, 0.15) is 52.4 Å². The number of imide groups is 1. The van der Waals surface area contributed by atoms with Crippen molar-refractivity contribution in [2.24, 2.45) is 35.5 Å². The van der Waals surface area contributed by atoms with Crippen LogP contribution in [0.5, 0.6) is 0 Å². The van der Waals surface area contributed by atoms with E-state index in [0.29, 0.717) is 11.8 Å². The van der Waals surface area contributed by atoms with Gasteiger partial charge in [0.25, 0.3) is 11.8 Å². The smallest absolute Gasteiger partial charge is 0.272 e. The largest absolute Gasteiger partial charge is 0.328 e. The van der Waals surface area contributed by atoms with Crippen LogP contribution in [0.4, 0.5) is 0 Å². The number of hydrogen-bond acceptors (Lipinski definition) is 5. The summed E-state index contributed by atoms with van der Waals surface area (Å²) in [6.07, 6.45) is 5.80. The maximum atomic E-state index is 12.7. The van der Waals surface area contributed by atoms with Gasteiger partial charge in [-0.1, -0.05) is 33.1 Å². The number of rotatable bonds is 4. The van der Waals surface area contributed by atoms with Crippen LogP contribution in [0.3, 0.4) is 0 Å². The Labute approximate surface area is 145 Å². The van der Waals surface area contributed by atoms with Crippen LogP contribution in [0.2, 0.25) is 0 Å². The molecule has 134 valence electrons. The standard InChI is InChI=1S/C17H25NO5S/c1-9-10(2)13-8-12(9)14-15(13)17(20)18(16(14)19)23-24(21)22-11-6-4-3-5-7-11/h9-15H,3-8H2,1-2H3. The Morgan fingerprint density at radius 1 is 0.958 bits per heavy atom. The molecule has 3 saturated carbocycles. The molecule has 4 aliphatic rings. The zero-order valence-corrected chi connectivity index (χ0v) is 15.0. The second-order valence-corrected chi connectivity index (χ2v) is 8.69. The van der Waals surface area contributed by atoms with Gasteiger partial charge in [-0.15, -0.1) is 9.35 Å². The van der Waals surface area contributed by atoms with Crippen LogP contribution in [0.15, 0.2) is 0 Å². The first-order chi connectivity index (χ1) is 11.5. The molecule has 2 bridgehead atoms. The van der Waals surface area contributed by atoms with Crippen LogP contribution < -0.4 is 0 Å². The van der Waals surface area contributed by atoms with Gasteiger partial charge in [0.2, 0.25) is 0 Å². The van der Waals surface area contributed by atoms with Gasteiger partial charge >= 0.3 is 11.4 Å². The molecule has 24 heavy (non-hydrogen) atoms. The van der Waals surface area contributed by atoms with Crippen molar-refractivity contribution in [2.45, 2.75) is 58.5 Å². The normalized spacial score (nSPS) is 43.5. The van der Waals surface area contributed by atoms with Crippen molar-refractivity contribution >= 4 is 23.2 Å². The van der Waals surface area contributed by atoms with Crippen molar-refractivity contribution in [3.05, 3.63) is 0 Å². The summed E-state index contributed by atoms with van der Waals surface area (Å²) in [5, 5.41) is 0.748. The van der Waals surface area contributed by atoms with Gasteiger partial charge in [-0.05, 0) is 42.9 Å². The first-order valence-corrected chi connectivity index (χ1v) is 10.1. The molecule has 0 N–H and O–H groups in total. The molecule has 6 nitrogen and oxygen atoms in total. The molecule has 0 spiro atoms. The molecule has 0 aromatic rings. The van der Waals surface area contributed by atoms with Gasteiger partial charge in [0, 0.05) is 0 Å². The van der Waals surface area contributed by atoms with Crippen molar-refractivity contribution in [1.29, 1.82) is 0 Å². The van der Waals surface area contributed by atoms with E-state index in [4.69, 9.17) is 8.47 Å². The Kier molecular flexibility index (Phi) is 4.29. The topological polar surface area (TPSA) is 72.9 Å². The van der Waals surface area contributed by atoms with E-state index in [0.717, 1.165) is 37.2 Å². The van der Waals surface area contributed by atoms with E-state index in [9.17, 15) is 13.8 Å². The van der Waals surface area contributed by atoms with Crippen LogP contribution >= 0.6 is 0 Å². The SMILES string of the molecule is CC1C(C)C2CC1C1C(=O)N(OS(=O)OC3CCCCC3)C(=O)C21. The van der Waals surface area contributed by atoms with Gasteiger partial charge in [0.15, 0.2) is 0 Å². The quantitative estimate of drug-likeness (QED) is 0.724. The van der Waals surface area contributed by atoms with E-state index >= 15 is 0 Å². The van der Waals surface area contributed by atoms with Crippen molar-refractivity contribution in [2.75, 3.05) is 0 Å². The van der Waals surface area contributed by atoms with Gasteiger partial charge in [-0.3, -0.25) is 13.8 Å². The van der Waals surface area contributed by atoms with Gasteiger partial charge in [-0.2, -0.15) is 4.21 Å². The summed E-state index contributed by atoms with van der Waals surface area (Å²) in [6, 6.07) is 0. The Morgan fingerprint density at radius 2 is 1.50 bits per heavy atom. The van der Waals surface area contributed by atoms with E-state index < -0.39 is 11.4 Å². The van der Waals surface area contributed by atoms with Crippen molar-refractivity contribution in [3.8, 4) is 0 Å². The van der Waals surface area contributed by atoms with Crippen molar-refractivity contribution in [1.82, 2.24) is 5.06 Å². The fourth-order valence-electron chi connectivity index (χ4n) is 5.48. The summed E-state index contributed by atoms with van der Waals surface area (Å²) >= 11 is -2.09. The minimum Gasteiger partial charge on any atom is -0.272 e. The summed E-state index contributed by atoms with van der Waals surface area (Å²) in [6.45, 7) is 4.33. The molecular formula is C17H25NO5S. The van der Waals surface area contributed by atoms with Gasteiger partial charge < -0.3 is 0 Å². The van der Waals surface area contributed by atoms with E-state index in [1.165, 1.54) is 6.42 Å². The van der Waals surface area contributed by atoms with E-state index in [2.05, 4.69) is 13.8 Å². The highest BCUT2D eigenvalue weighted by Crippen LogP contribution is 2.61. The fourth-order valence-corrected chi connectivity index (χ4v) is 6.20. The third kappa shape index (κ3) is 2.47. The molecular weight excluding hydrogens is 330 g/mol. The lowest BCUT2D eigenvalue weighted by molar-refractivity contribution is -0.167. The predicted octanol–water partition coefficient (Wildman–Crippen LogP) is 2.37. The molecule has 1 heterocycles. The number of hydrogen-bond donors (Lipinski definition) is 0. The maximum Gasteiger partial charge on any atom is 0.328 e. The molecule has 3 aliphatic carbocycles. The second kappa shape index (κ2) is 6.18. The first-order valence-electron chi connectivity index (χ1n) is 9.14. The highest BCUT2D eigenvalue weighted by atomic mass is 32.2. The lowest BCUT2D eigenvalue weighted by atomic mass is 9.70. The third-order valence-corrected chi connectivity index (χ3v) is 7.61. The Bertz CT molecular complexity index is 543. The Morgan fingerprint density at radius 3 is 2.04 bits per heavy atom. The average Bonchev–Trinajstić information content (AvgIpc) is 3.16. The molecule has 7 atom stereocenters. The van der Waals surface area contributed by atoms with E-state index in [1.807, 2.05) is 0 Å². The molecule has 0 aromatic heterocycles. The van der Waals surface area contributed by atoms with Crippen LogP contribution in [-0.4, -0.2) is 27.2 Å². The minimum absolute atomic E-state index is 0.108. The zero-order chi connectivity index (χ0) is 17.0. The highest BCUT2D eigenvalue weighted by Gasteiger charge is 2.66. The van der Waals surface area contributed by atoms with Gasteiger partial charge in [0.1, 0.15) is 0 Å². The molecule has 0 aromatic carbocycles. The number of carbonyl (C=O) groups is 2. The van der Waals surface area contributed by atoms with Crippen LogP contribution in [-0.2, 0) is 29.4 Å². The highest BCUT2D eigenvalue weighted by molar-refractivity contribution is 7.75. The molecule has 4 rings (SSSR count). The average molecular weight is 355 g/mol. The lowest BCUT2D eigenvalue weighted by Crippen LogP contribution is -2.35. The summed E-state index contributed by atoms with van der Waals surface area (Å²) in [5.74, 6) is 0.142. The van der Waals surface area contributed by atoms with Crippen molar-refractivity contribution in [3.63, 3.8) is 0 Å². The van der Waals surface area contributed by atoms with E-state index in [-0.39, 0.29) is 41.6 Å². The third-order valence-electron chi connectivity index (χ3n) is 6.91. The fraction of sp³-hybridized carbons (Fsp3) is 0.882. The van der Waals surface area contributed by atoms with Crippen LogP contribution in [0, 0.1) is 35.5 Å². The Balaban J connectivity index is 1.43. The number of nitrogens with zero attached hydrogens (tertiary/aromatic N) is 1. The van der Waals surface area contributed by atoms with Crippen molar-refractivity contribution < 1.29 is 22.3 Å². The minimum atomic E-state index is -2.09. The molecule has 2 amide bonds.